The molecule has 2 N–H and O–H groups in total. The zero-order valence-corrected chi connectivity index (χ0v) is 12.9. The third kappa shape index (κ3) is 2.87. The third-order valence-corrected chi connectivity index (χ3v) is 4.12. The fourth-order valence-electron chi connectivity index (χ4n) is 3.03. The van der Waals surface area contributed by atoms with Crippen LogP contribution in [0.25, 0.3) is 0 Å². The molecule has 1 aliphatic carbocycles. The number of nitrogens with zero attached hydrogens (tertiary/aromatic N) is 2. The van der Waals surface area contributed by atoms with Gasteiger partial charge in [0.15, 0.2) is 0 Å². The van der Waals surface area contributed by atoms with Gasteiger partial charge in [-0.1, -0.05) is 0 Å². The second-order valence-electron chi connectivity index (χ2n) is 5.54. The van der Waals surface area contributed by atoms with Crippen molar-refractivity contribution in [2.75, 3.05) is 7.05 Å². The van der Waals surface area contributed by atoms with E-state index in [1.807, 2.05) is 0 Å². The molecular formula is C18H18FN3O. The zero-order chi connectivity index (χ0) is 16.4. The zero-order valence-electron chi connectivity index (χ0n) is 12.9. The first kappa shape index (κ1) is 15.4. The number of hydrogen-bond acceptors (Lipinski definition) is 4. The van der Waals surface area contributed by atoms with Gasteiger partial charge in [0.25, 0.3) is 0 Å². The topological polar surface area (TPSA) is 59.7 Å². The van der Waals surface area contributed by atoms with Crippen LogP contribution in [0, 0.1) is 11.2 Å². The second kappa shape index (κ2) is 6.30. The molecule has 0 amide bonds. The average molecular weight is 311 g/mol. The molecule has 118 valence electrons. The molecule has 23 heavy (non-hydrogen) atoms. The number of nitrogens with one attached hydrogen (secondary N) is 1. The van der Waals surface area contributed by atoms with Crippen LogP contribution < -0.4 is 0 Å². The molecule has 0 bridgehead atoms. The van der Waals surface area contributed by atoms with E-state index in [0.29, 0.717) is 16.8 Å². The average Bonchev–Trinajstić information content (AvgIpc) is 3.04. The highest BCUT2D eigenvalue weighted by atomic mass is 19.1. The van der Waals surface area contributed by atoms with Crippen LogP contribution in [0.2, 0.25) is 0 Å². The monoisotopic (exact) mass is 311 g/mol. The first-order chi connectivity index (χ1) is 11.1. The lowest BCUT2D eigenvalue weighted by Gasteiger charge is -2.23. The van der Waals surface area contributed by atoms with Gasteiger partial charge in [-0.2, -0.15) is 0 Å². The predicted molar refractivity (Wildman–Crippen MR) is 88.3 cm³/mol. The molecule has 1 aliphatic heterocycles. The summed E-state index contributed by atoms with van der Waals surface area (Å²) in [5, 5.41) is 19.6. The smallest absolute Gasteiger partial charge is 0.123 e. The lowest BCUT2D eigenvalue weighted by Crippen LogP contribution is -2.17. The minimum atomic E-state index is -0.325. The molecule has 0 atom stereocenters. The summed E-state index contributed by atoms with van der Waals surface area (Å²) in [6.07, 6.45) is 7.72. The Bertz CT molecular complexity index is 757. The maximum Gasteiger partial charge on any atom is 0.123 e. The minimum absolute atomic E-state index is 0.292. The van der Waals surface area contributed by atoms with E-state index in [-0.39, 0.29) is 5.82 Å². The molecule has 4 nitrogen and oxygen atoms in total. The van der Waals surface area contributed by atoms with E-state index >= 15 is 0 Å². The van der Waals surface area contributed by atoms with Gasteiger partial charge in [-0.3, -0.25) is 15.6 Å². The molecule has 0 spiro atoms. The molecule has 0 aromatic heterocycles. The summed E-state index contributed by atoms with van der Waals surface area (Å²) in [6.45, 7) is 0. The Labute approximate surface area is 134 Å². The van der Waals surface area contributed by atoms with Crippen molar-refractivity contribution in [2.45, 2.75) is 19.3 Å². The van der Waals surface area contributed by atoms with Gasteiger partial charge in [-0.25, -0.2) is 9.45 Å². The highest BCUT2D eigenvalue weighted by Gasteiger charge is 2.26. The molecule has 5 heteroatoms. The quantitative estimate of drug-likeness (QED) is 0.833. The number of rotatable bonds is 3. The van der Waals surface area contributed by atoms with E-state index in [1.165, 1.54) is 12.1 Å². The van der Waals surface area contributed by atoms with E-state index in [1.54, 1.807) is 37.7 Å². The van der Waals surface area contributed by atoms with Crippen LogP contribution in [0.3, 0.4) is 0 Å². The molecule has 1 heterocycles. The number of halogens is 1. The first-order valence-corrected chi connectivity index (χ1v) is 7.52. The van der Waals surface area contributed by atoms with Gasteiger partial charge in [0.2, 0.25) is 0 Å². The third-order valence-electron chi connectivity index (χ3n) is 4.12. The van der Waals surface area contributed by atoms with Crippen molar-refractivity contribution in [2.24, 2.45) is 4.99 Å². The minimum Gasteiger partial charge on any atom is -0.300 e. The number of allylic oxidation sites excluding steroid dienone is 5. The lowest BCUT2D eigenvalue weighted by molar-refractivity contribution is -0.00793. The largest absolute Gasteiger partial charge is 0.300 e. The van der Waals surface area contributed by atoms with Crippen LogP contribution in [0.4, 0.5) is 4.39 Å². The van der Waals surface area contributed by atoms with Crippen LogP contribution in [0.5, 0.6) is 0 Å². The summed E-state index contributed by atoms with van der Waals surface area (Å²) in [6, 6.07) is 5.89. The van der Waals surface area contributed by atoms with Crippen LogP contribution in [-0.4, -0.2) is 29.2 Å². The molecule has 2 aliphatic rings. The normalized spacial score (nSPS) is 19.5. The highest BCUT2D eigenvalue weighted by Crippen LogP contribution is 2.38. The summed E-state index contributed by atoms with van der Waals surface area (Å²) >= 11 is 0. The van der Waals surface area contributed by atoms with Crippen LogP contribution in [0.15, 0.2) is 64.0 Å². The Balaban J connectivity index is 2.09. The number of aliphatic imine (C=N–C) groups is 1. The van der Waals surface area contributed by atoms with Gasteiger partial charge in [0.05, 0.1) is 5.71 Å². The fourth-order valence-corrected chi connectivity index (χ4v) is 3.03. The van der Waals surface area contributed by atoms with Crippen molar-refractivity contribution in [3.05, 3.63) is 70.3 Å². The molecule has 3 rings (SSSR count). The van der Waals surface area contributed by atoms with Crippen LogP contribution in [0.1, 0.15) is 24.8 Å². The van der Waals surface area contributed by atoms with Gasteiger partial charge >= 0.3 is 0 Å². The van der Waals surface area contributed by atoms with Gasteiger partial charge < -0.3 is 0 Å². The summed E-state index contributed by atoms with van der Waals surface area (Å²) in [7, 11) is 1.66. The summed E-state index contributed by atoms with van der Waals surface area (Å²) in [4.78, 5) is 4.08. The Kier molecular flexibility index (Phi) is 4.21. The number of hydrogen-bond donors (Lipinski definition) is 2. The standard InChI is InChI=1S/C18H18FN3O/c1-21-11-16(18(20)12-5-7-13(19)8-6-12)14-9-10-22(23)17-4-2-3-15(14)17/h5-11,20,23H,2-4H2,1H3. The Morgan fingerprint density at radius 2 is 2.04 bits per heavy atom. The lowest BCUT2D eigenvalue weighted by atomic mass is 9.92. The van der Waals surface area contributed by atoms with E-state index in [0.717, 1.165) is 41.2 Å². The van der Waals surface area contributed by atoms with Crippen molar-refractivity contribution in [1.29, 1.82) is 5.41 Å². The molecule has 0 radical (unpaired) electrons. The van der Waals surface area contributed by atoms with Crippen LogP contribution in [-0.2, 0) is 0 Å². The maximum absolute atomic E-state index is 13.1. The predicted octanol–water partition coefficient (Wildman–Crippen LogP) is 3.85. The SMILES string of the molecule is CN=CC(C(=N)c1ccc(F)cc1)=C1C=CN(O)C2=C1CCC2. The van der Waals surface area contributed by atoms with E-state index in [9.17, 15) is 9.60 Å². The van der Waals surface area contributed by atoms with Crippen molar-refractivity contribution in [1.82, 2.24) is 5.06 Å². The number of hydroxylamine groups is 2. The van der Waals surface area contributed by atoms with E-state index in [4.69, 9.17) is 5.41 Å². The second-order valence-corrected chi connectivity index (χ2v) is 5.54. The highest BCUT2D eigenvalue weighted by molar-refractivity contribution is 6.23. The van der Waals surface area contributed by atoms with Gasteiger partial charge in [-0.15, -0.1) is 0 Å². The fraction of sp³-hybridized carbons (Fsp3) is 0.222. The molecular weight excluding hydrogens is 293 g/mol. The summed E-state index contributed by atoms with van der Waals surface area (Å²) < 4.78 is 13.1. The molecule has 0 saturated carbocycles. The molecule has 0 saturated heterocycles. The maximum atomic E-state index is 13.1. The van der Waals surface area contributed by atoms with Crippen molar-refractivity contribution >= 4 is 11.9 Å². The molecule has 1 aromatic rings. The summed E-state index contributed by atoms with van der Waals surface area (Å²) in [5.74, 6) is -0.325. The van der Waals surface area contributed by atoms with Crippen molar-refractivity contribution in [3.8, 4) is 0 Å². The summed E-state index contributed by atoms with van der Waals surface area (Å²) in [5.41, 5.74) is 4.45. The van der Waals surface area contributed by atoms with Crippen molar-refractivity contribution < 1.29 is 9.60 Å². The number of benzene rings is 1. The van der Waals surface area contributed by atoms with Crippen molar-refractivity contribution in [3.63, 3.8) is 0 Å². The molecule has 0 unspecified atom stereocenters. The Morgan fingerprint density at radius 3 is 2.74 bits per heavy atom. The van der Waals surface area contributed by atoms with Gasteiger partial charge in [-0.05, 0) is 60.8 Å². The first-order valence-electron chi connectivity index (χ1n) is 7.52. The van der Waals surface area contributed by atoms with Gasteiger partial charge in [0.1, 0.15) is 5.82 Å². The molecule has 1 aromatic carbocycles. The Morgan fingerprint density at radius 1 is 1.30 bits per heavy atom. The van der Waals surface area contributed by atoms with Gasteiger partial charge in [0, 0.05) is 36.3 Å². The van der Waals surface area contributed by atoms with E-state index < -0.39 is 0 Å². The van der Waals surface area contributed by atoms with E-state index in [2.05, 4.69) is 4.99 Å². The Hall–Kier alpha value is -2.53. The van der Waals surface area contributed by atoms with Crippen LogP contribution >= 0.6 is 0 Å². The molecule has 0 fully saturated rings.